The lowest BCUT2D eigenvalue weighted by Gasteiger charge is -2.08. The number of hydroxylamine groups is 4. The Hall–Kier alpha value is -1.47. The highest BCUT2D eigenvalue weighted by Gasteiger charge is 2.11. The fourth-order valence-electron chi connectivity index (χ4n) is 1.13. The second-order valence-corrected chi connectivity index (χ2v) is 3.73. The third kappa shape index (κ3) is 7.42. The molecular weight excluding hydrogens is 228 g/mol. The maximum atomic E-state index is 11.3. The van der Waals surface area contributed by atoms with Gasteiger partial charge in [0.05, 0.1) is 0 Å². The Balaban J connectivity index is 3.67. The van der Waals surface area contributed by atoms with Gasteiger partial charge in [-0.2, -0.15) is 0 Å². The van der Waals surface area contributed by atoms with Crippen molar-refractivity contribution in [3.63, 3.8) is 0 Å². The number of Topliss-reactive ketones (excluding diaryl/α,β-unsaturated/α-hetero) is 1. The van der Waals surface area contributed by atoms with E-state index >= 15 is 0 Å². The van der Waals surface area contributed by atoms with E-state index in [0.717, 1.165) is 0 Å². The first kappa shape index (κ1) is 15.5. The maximum Gasteiger partial charge on any atom is 0.246 e. The van der Waals surface area contributed by atoms with Gasteiger partial charge in [-0.1, -0.05) is 0 Å². The highest BCUT2D eigenvalue weighted by atomic mass is 16.5. The molecule has 17 heavy (non-hydrogen) atoms. The van der Waals surface area contributed by atoms with Gasteiger partial charge in [0.15, 0.2) is 0 Å². The molecule has 0 rings (SSSR count). The van der Waals surface area contributed by atoms with Crippen LogP contribution in [-0.2, 0) is 14.4 Å². The average molecular weight is 246 g/mol. The fourth-order valence-corrected chi connectivity index (χ4v) is 1.13. The molecule has 0 unspecified atom stereocenters. The topological polar surface area (TPSA) is 98.2 Å². The van der Waals surface area contributed by atoms with Gasteiger partial charge in [0.25, 0.3) is 0 Å². The average Bonchev–Trinajstić information content (AvgIpc) is 2.25. The molecule has 0 saturated heterocycles. The van der Waals surface area contributed by atoms with Crippen LogP contribution in [0.15, 0.2) is 0 Å². The number of ketones is 1. The highest BCUT2D eigenvalue weighted by Crippen LogP contribution is 2.04. The molecule has 7 heteroatoms. The third-order valence-electron chi connectivity index (χ3n) is 2.19. The zero-order chi connectivity index (χ0) is 13.4. The molecular formula is C10H18N2O5. The summed E-state index contributed by atoms with van der Waals surface area (Å²) in [6.07, 6.45) is 0.618. The third-order valence-corrected chi connectivity index (χ3v) is 2.19. The molecule has 0 spiro atoms. The summed E-state index contributed by atoms with van der Waals surface area (Å²) < 4.78 is 0. The minimum Gasteiger partial charge on any atom is -0.300 e. The summed E-state index contributed by atoms with van der Waals surface area (Å²) in [6, 6.07) is 0. The van der Waals surface area contributed by atoms with Crippen molar-refractivity contribution in [2.45, 2.75) is 32.1 Å². The van der Waals surface area contributed by atoms with E-state index in [-0.39, 0.29) is 31.5 Å². The van der Waals surface area contributed by atoms with Crippen molar-refractivity contribution in [1.29, 1.82) is 0 Å². The lowest BCUT2D eigenvalue weighted by atomic mass is 10.1. The molecule has 0 aromatic carbocycles. The number of amides is 2. The van der Waals surface area contributed by atoms with Gasteiger partial charge in [-0.25, -0.2) is 10.1 Å². The van der Waals surface area contributed by atoms with E-state index in [1.165, 1.54) is 14.1 Å². The molecule has 0 aliphatic rings. The molecule has 0 aliphatic carbocycles. The van der Waals surface area contributed by atoms with Gasteiger partial charge in [-0.15, -0.1) is 0 Å². The summed E-state index contributed by atoms with van der Waals surface area (Å²) in [5, 5.41) is 18.4. The van der Waals surface area contributed by atoms with E-state index in [1.807, 2.05) is 0 Å². The number of carbonyl (C=O) groups is 3. The van der Waals surface area contributed by atoms with Crippen LogP contribution in [0.4, 0.5) is 0 Å². The van der Waals surface area contributed by atoms with Gasteiger partial charge in [0.2, 0.25) is 11.8 Å². The Morgan fingerprint density at radius 3 is 1.76 bits per heavy atom. The van der Waals surface area contributed by atoms with E-state index < -0.39 is 11.8 Å². The van der Waals surface area contributed by atoms with Crippen molar-refractivity contribution in [2.75, 3.05) is 14.1 Å². The first-order valence-corrected chi connectivity index (χ1v) is 5.27. The normalized spacial score (nSPS) is 9.88. The van der Waals surface area contributed by atoms with Crippen LogP contribution in [0.2, 0.25) is 0 Å². The summed E-state index contributed by atoms with van der Waals surface area (Å²) in [5.74, 6) is -1.12. The molecule has 0 bridgehead atoms. The summed E-state index contributed by atoms with van der Waals surface area (Å²) in [4.78, 5) is 33.2. The summed E-state index contributed by atoms with van der Waals surface area (Å²) in [7, 11) is 2.42. The zero-order valence-electron chi connectivity index (χ0n) is 10.0. The van der Waals surface area contributed by atoms with Gasteiger partial charge < -0.3 is 0 Å². The van der Waals surface area contributed by atoms with Crippen molar-refractivity contribution >= 4 is 17.6 Å². The monoisotopic (exact) mass is 246 g/mol. The van der Waals surface area contributed by atoms with Crippen LogP contribution in [0, 0.1) is 0 Å². The van der Waals surface area contributed by atoms with Crippen molar-refractivity contribution in [2.24, 2.45) is 0 Å². The molecule has 7 nitrogen and oxygen atoms in total. The molecule has 0 aliphatic heterocycles. The second kappa shape index (κ2) is 7.75. The van der Waals surface area contributed by atoms with Crippen LogP contribution in [-0.4, -0.2) is 52.2 Å². The van der Waals surface area contributed by atoms with Crippen LogP contribution < -0.4 is 0 Å². The minimum atomic E-state index is -0.524. The van der Waals surface area contributed by atoms with Crippen molar-refractivity contribution in [1.82, 2.24) is 10.1 Å². The van der Waals surface area contributed by atoms with Crippen LogP contribution in [0.5, 0.6) is 0 Å². The quantitative estimate of drug-likeness (QED) is 0.494. The molecule has 0 saturated carbocycles. The Morgan fingerprint density at radius 1 is 0.824 bits per heavy atom. The van der Waals surface area contributed by atoms with E-state index in [4.69, 9.17) is 10.4 Å². The lowest BCUT2D eigenvalue weighted by Crippen LogP contribution is -2.23. The van der Waals surface area contributed by atoms with Crippen LogP contribution in [0.1, 0.15) is 32.1 Å². The molecule has 0 aromatic rings. The fraction of sp³-hybridized carbons (Fsp3) is 0.700. The number of hydrogen-bond acceptors (Lipinski definition) is 5. The van der Waals surface area contributed by atoms with Crippen LogP contribution >= 0.6 is 0 Å². The van der Waals surface area contributed by atoms with Gasteiger partial charge >= 0.3 is 0 Å². The van der Waals surface area contributed by atoms with E-state index in [0.29, 0.717) is 16.5 Å². The van der Waals surface area contributed by atoms with Gasteiger partial charge in [-0.05, 0) is 6.42 Å². The minimum absolute atomic E-state index is 0.0420. The highest BCUT2D eigenvalue weighted by molar-refractivity contribution is 5.84. The second-order valence-electron chi connectivity index (χ2n) is 3.73. The molecule has 0 radical (unpaired) electrons. The Labute approximate surface area is 99.5 Å². The predicted octanol–water partition coefficient (Wildman–Crippen LogP) is 0.201. The van der Waals surface area contributed by atoms with Gasteiger partial charge in [0.1, 0.15) is 5.78 Å². The van der Waals surface area contributed by atoms with Gasteiger partial charge in [-0.3, -0.25) is 24.8 Å². The first-order chi connectivity index (χ1) is 7.84. The van der Waals surface area contributed by atoms with Crippen LogP contribution in [0.25, 0.3) is 0 Å². The standard InChI is InChI=1S/C10H18N2O5/c1-11(16)9(14)5-3-4-8(13)6-7-10(15)12(2)17/h16-17H,3-7H2,1-2H3. The van der Waals surface area contributed by atoms with Crippen LogP contribution in [0.3, 0.4) is 0 Å². The van der Waals surface area contributed by atoms with E-state index in [9.17, 15) is 14.4 Å². The summed E-state index contributed by atoms with van der Waals surface area (Å²) in [6.45, 7) is 0. The Kier molecular flexibility index (Phi) is 7.08. The van der Waals surface area contributed by atoms with Gasteiger partial charge in [0, 0.05) is 39.8 Å². The molecule has 0 aromatic heterocycles. The van der Waals surface area contributed by atoms with Crippen molar-refractivity contribution in [3.05, 3.63) is 0 Å². The van der Waals surface area contributed by atoms with Crippen molar-refractivity contribution < 1.29 is 24.8 Å². The summed E-state index contributed by atoms with van der Waals surface area (Å²) in [5.41, 5.74) is 0. The maximum absolute atomic E-state index is 11.3. The Morgan fingerprint density at radius 2 is 1.29 bits per heavy atom. The SMILES string of the molecule is CN(O)C(=O)CCCC(=O)CCC(=O)N(C)O. The Bertz CT molecular complexity index is 288. The first-order valence-electron chi connectivity index (χ1n) is 5.27. The van der Waals surface area contributed by atoms with E-state index in [2.05, 4.69) is 0 Å². The lowest BCUT2D eigenvalue weighted by molar-refractivity contribution is -0.160. The largest absolute Gasteiger partial charge is 0.300 e. The molecule has 2 N–H and O–H groups in total. The molecule has 2 amide bonds. The van der Waals surface area contributed by atoms with E-state index in [1.54, 1.807) is 0 Å². The smallest absolute Gasteiger partial charge is 0.246 e. The predicted molar refractivity (Wildman–Crippen MR) is 57.2 cm³/mol. The van der Waals surface area contributed by atoms with Crippen molar-refractivity contribution in [3.8, 4) is 0 Å². The zero-order valence-corrected chi connectivity index (χ0v) is 10.0. The number of rotatable bonds is 7. The summed E-state index contributed by atoms with van der Waals surface area (Å²) >= 11 is 0. The molecule has 0 fully saturated rings. The number of carbonyl (C=O) groups excluding carboxylic acids is 3. The molecule has 0 atom stereocenters. The molecule has 98 valence electrons. The molecule has 0 heterocycles. The number of nitrogens with zero attached hydrogens (tertiary/aromatic N) is 2. The number of hydrogen-bond donors (Lipinski definition) is 2.